The molecule has 0 saturated carbocycles. The van der Waals surface area contributed by atoms with Crippen LogP contribution in [0.3, 0.4) is 0 Å². The highest BCUT2D eigenvalue weighted by Gasteiger charge is 2.25. The molecule has 7 heteroatoms. The molecule has 3 heterocycles. The largest absolute Gasteiger partial charge is 0.375 e. The van der Waals surface area contributed by atoms with E-state index >= 15 is 0 Å². The van der Waals surface area contributed by atoms with Crippen LogP contribution in [0.25, 0.3) is 21.5 Å². The molecule has 0 fully saturated rings. The van der Waals surface area contributed by atoms with E-state index in [-0.39, 0.29) is 0 Å². The third kappa shape index (κ3) is 3.57. The van der Waals surface area contributed by atoms with Crippen molar-refractivity contribution in [3.8, 4) is 11.8 Å². The third-order valence-corrected chi connectivity index (χ3v) is 5.91. The normalized spacial score (nSPS) is 13.8. The third-order valence-electron chi connectivity index (χ3n) is 5.91. The Labute approximate surface area is 192 Å². The molecule has 0 saturated heterocycles. The van der Waals surface area contributed by atoms with Gasteiger partial charge in [-0.3, -0.25) is 9.25 Å². The first kappa shape index (κ1) is 20.9. The summed E-state index contributed by atoms with van der Waals surface area (Å²) in [7, 11) is 0. The molecule has 0 N–H and O–H groups in total. The second-order valence-electron chi connectivity index (χ2n) is 8.72. The number of rotatable bonds is 1. The van der Waals surface area contributed by atoms with Crippen LogP contribution in [0.1, 0.15) is 36.4 Å². The summed E-state index contributed by atoms with van der Waals surface area (Å²) in [4.78, 5) is 10.8. The van der Waals surface area contributed by atoms with Gasteiger partial charge in [0.15, 0.2) is 0 Å². The summed E-state index contributed by atoms with van der Waals surface area (Å²) < 4.78 is 7.97. The van der Waals surface area contributed by atoms with Gasteiger partial charge in [0.25, 0.3) is 11.3 Å². The molecule has 4 aromatic rings. The zero-order chi connectivity index (χ0) is 23.2. The Morgan fingerprint density at radius 1 is 1.12 bits per heavy atom. The topological polar surface area (TPSA) is 59.9 Å². The Balaban J connectivity index is 1.76. The van der Waals surface area contributed by atoms with E-state index in [2.05, 4.69) is 56.9 Å². The fourth-order valence-electron chi connectivity index (χ4n) is 4.20. The van der Waals surface area contributed by atoms with Gasteiger partial charge in [0.1, 0.15) is 11.6 Å². The van der Waals surface area contributed by atoms with Crippen molar-refractivity contribution in [1.29, 1.82) is 0 Å². The molecular formula is C26H24N6O. The fraction of sp³-hybridized carbons (Fsp3) is 0.308. The summed E-state index contributed by atoms with van der Waals surface area (Å²) in [5.74, 6) is 8.54. The van der Waals surface area contributed by atoms with Crippen LogP contribution in [0, 0.1) is 32.3 Å². The minimum absolute atomic E-state index is 0.457. The summed E-state index contributed by atoms with van der Waals surface area (Å²) in [5.41, 5.74) is 4.31. The summed E-state index contributed by atoms with van der Waals surface area (Å²) in [6.45, 7) is 16.7. The standard InChI is InChI=1S/C26H24N6O/c1-17-8-6-11-22-23(17)24(28-25-30-29-18(2)32(22)25)31-14-15-33-16-20-19(9-7-10-21(20)31)12-13-26(3,4)27-5/h6-11H,14-16H2,1-4H3. The van der Waals surface area contributed by atoms with E-state index in [1.165, 1.54) is 0 Å². The lowest BCUT2D eigenvalue weighted by Gasteiger charge is -2.26. The Hall–Kier alpha value is -3.94. The molecule has 0 aliphatic carbocycles. The lowest BCUT2D eigenvalue weighted by atomic mass is 10.0. The van der Waals surface area contributed by atoms with Crippen LogP contribution < -0.4 is 4.90 Å². The first-order chi connectivity index (χ1) is 15.9. The van der Waals surface area contributed by atoms with E-state index in [9.17, 15) is 0 Å². The van der Waals surface area contributed by atoms with Gasteiger partial charge >= 0.3 is 0 Å². The van der Waals surface area contributed by atoms with Gasteiger partial charge in [-0.2, -0.15) is 4.98 Å². The van der Waals surface area contributed by atoms with E-state index in [0.717, 1.165) is 44.9 Å². The molecule has 2 aromatic carbocycles. The van der Waals surface area contributed by atoms with E-state index < -0.39 is 5.54 Å². The summed E-state index contributed by atoms with van der Waals surface area (Å²) in [6, 6.07) is 12.3. The van der Waals surface area contributed by atoms with Crippen LogP contribution in [0.5, 0.6) is 0 Å². The molecule has 0 bridgehead atoms. The molecule has 1 aliphatic rings. The zero-order valence-electron chi connectivity index (χ0n) is 19.2. The number of aromatic nitrogens is 4. The first-order valence-electron chi connectivity index (χ1n) is 10.9. The number of anilines is 2. The van der Waals surface area contributed by atoms with Gasteiger partial charge in [0.2, 0.25) is 0 Å². The van der Waals surface area contributed by atoms with Gasteiger partial charge in [-0.05, 0) is 43.5 Å². The van der Waals surface area contributed by atoms with Crippen molar-refractivity contribution in [3.63, 3.8) is 0 Å². The molecule has 33 heavy (non-hydrogen) atoms. The summed E-state index contributed by atoms with van der Waals surface area (Å²) in [5, 5.41) is 9.63. The molecule has 0 atom stereocenters. The van der Waals surface area contributed by atoms with Crippen LogP contribution in [0.4, 0.5) is 11.5 Å². The van der Waals surface area contributed by atoms with Crippen molar-refractivity contribution in [2.75, 3.05) is 18.1 Å². The quantitative estimate of drug-likeness (QED) is 0.322. The van der Waals surface area contributed by atoms with Gasteiger partial charge in [-0.1, -0.05) is 24.1 Å². The number of aryl methyl sites for hydroxylation is 2. The van der Waals surface area contributed by atoms with Crippen LogP contribution in [-0.2, 0) is 11.3 Å². The molecule has 5 rings (SSSR count). The Morgan fingerprint density at radius 2 is 1.94 bits per heavy atom. The Morgan fingerprint density at radius 3 is 2.76 bits per heavy atom. The van der Waals surface area contributed by atoms with Crippen molar-refractivity contribution in [2.45, 2.75) is 39.8 Å². The average Bonchev–Trinajstić information content (AvgIpc) is 3.05. The first-order valence-corrected chi connectivity index (χ1v) is 10.9. The smallest absolute Gasteiger partial charge is 0.286 e. The van der Waals surface area contributed by atoms with Gasteiger partial charge in [0, 0.05) is 42.6 Å². The van der Waals surface area contributed by atoms with Crippen molar-refractivity contribution in [1.82, 2.24) is 19.6 Å². The van der Waals surface area contributed by atoms with Crippen LogP contribution >= 0.6 is 0 Å². The van der Waals surface area contributed by atoms with Crippen LogP contribution in [0.2, 0.25) is 0 Å². The predicted molar refractivity (Wildman–Crippen MR) is 128 cm³/mol. The highest BCUT2D eigenvalue weighted by atomic mass is 16.5. The maximum Gasteiger partial charge on any atom is 0.286 e. The Kier molecular flexibility index (Phi) is 5.00. The molecule has 0 radical (unpaired) electrons. The zero-order valence-corrected chi connectivity index (χ0v) is 19.2. The lowest BCUT2D eigenvalue weighted by Crippen LogP contribution is -2.23. The maximum atomic E-state index is 7.37. The second kappa shape index (κ2) is 7.88. The van der Waals surface area contributed by atoms with Crippen molar-refractivity contribution < 1.29 is 4.74 Å². The number of ether oxygens (including phenoxy) is 1. The minimum Gasteiger partial charge on any atom is -0.375 e. The highest BCUT2D eigenvalue weighted by Crippen LogP contribution is 2.37. The van der Waals surface area contributed by atoms with Gasteiger partial charge in [-0.15, -0.1) is 10.2 Å². The number of benzene rings is 2. The molecule has 0 unspecified atom stereocenters. The monoisotopic (exact) mass is 436 g/mol. The van der Waals surface area contributed by atoms with E-state index in [4.69, 9.17) is 16.3 Å². The molecule has 164 valence electrons. The SMILES string of the molecule is [C-]#[N+]C(C)(C)C#Cc1cccc2c1COCCN2c1nc2nnc(C)n2c2cccc(C)c12. The maximum absolute atomic E-state index is 7.37. The number of fused-ring (bicyclic) bond motifs is 4. The van der Waals surface area contributed by atoms with Crippen molar-refractivity contribution >= 4 is 28.2 Å². The average molecular weight is 437 g/mol. The van der Waals surface area contributed by atoms with E-state index in [0.29, 0.717) is 25.5 Å². The van der Waals surface area contributed by atoms with Gasteiger partial charge < -0.3 is 9.64 Å². The molecular weight excluding hydrogens is 412 g/mol. The predicted octanol–water partition coefficient (Wildman–Crippen LogP) is 4.61. The highest BCUT2D eigenvalue weighted by molar-refractivity contribution is 5.96. The van der Waals surface area contributed by atoms with Gasteiger partial charge in [-0.25, -0.2) is 6.57 Å². The minimum atomic E-state index is -0.737. The second-order valence-corrected chi connectivity index (χ2v) is 8.72. The number of nitrogens with zero attached hydrogens (tertiary/aromatic N) is 6. The lowest BCUT2D eigenvalue weighted by molar-refractivity contribution is 0.133. The molecule has 0 amide bonds. The van der Waals surface area contributed by atoms with E-state index in [1.807, 2.05) is 43.4 Å². The van der Waals surface area contributed by atoms with Crippen molar-refractivity contribution in [2.24, 2.45) is 0 Å². The number of hydrogen-bond acceptors (Lipinski definition) is 5. The fourth-order valence-corrected chi connectivity index (χ4v) is 4.20. The van der Waals surface area contributed by atoms with Gasteiger partial charge in [0.05, 0.1) is 18.7 Å². The summed E-state index contributed by atoms with van der Waals surface area (Å²) in [6.07, 6.45) is 0. The molecule has 7 nitrogen and oxygen atoms in total. The van der Waals surface area contributed by atoms with E-state index in [1.54, 1.807) is 0 Å². The molecule has 1 aliphatic heterocycles. The number of hydrogen-bond donors (Lipinski definition) is 0. The van der Waals surface area contributed by atoms with Crippen molar-refractivity contribution in [3.05, 3.63) is 70.3 Å². The van der Waals surface area contributed by atoms with Crippen LogP contribution in [-0.4, -0.2) is 38.3 Å². The van der Waals surface area contributed by atoms with Crippen LogP contribution in [0.15, 0.2) is 36.4 Å². The molecule has 0 spiro atoms. The molecule has 2 aromatic heterocycles. The summed E-state index contributed by atoms with van der Waals surface area (Å²) >= 11 is 0. The Bertz CT molecular complexity index is 1500.